The topological polar surface area (TPSA) is 42.4 Å². The van der Waals surface area contributed by atoms with Crippen molar-refractivity contribution in [2.45, 2.75) is 19.3 Å². The van der Waals surface area contributed by atoms with Crippen LogP contribution in [0.25, 0.3) is 66.7 Å². The lowest BCUT2D eigenvalue weighted by Crippen LogP contribution is -2.16. The molecule has 7 aromatic carbocycles. The van der Waals surface area contributed by atoms with Gasteiger partial charge in [-0.1, -0.05) is 105 Å². The van der Waals surface area contributed by atoms with E-state index in [9.17, 15) is 0 Å². The summed E-state index contributed by atoms with van der Waals surface area (Å²) in [7, 11) is 0. The SMILES string of the molecule is CC1(C)c2ccccc2-c2c(N(c3ccccc3)c3ccc(-c4ccc5oc6cc7oc(-c8ccccc8)nc7cc6c5c4)cc3)cccc21. The second kappa shape index (κ2) is 10.8. The Bertz CT molecular complexity index is 2720. The third-order valence-electron chi connectivity index (χ3n) is 10.3. The third kappa shape index (κ3) is 4.35. The minimum Gasteiger partial charge on any atom is -0.456 e. The summed E-state index contributed by atoms with van der Waals surface area (Å²) in [4.78, 5) is 7.19. The Morgan fingerprint density at radius 3 is 2.00 bits per heavy atom. The first-order chi connectivity index (χ1) is 24.5. The zero-order chi connectivity index (χ0) is 33.4. The van der Waals surface area contributed by atoms with Gasteiger partial charge in [-0.05, 0) is 88.5 Å². The molecule has 2 heterocycles. The van der Waals surface area contributed by atoms with E-state index in [4.69, 9.17) is 13.8 Å². The standard InChI is InChI=1S/C46H32N2O2/c1-46(2)37-17-10-9-16-34(37)44-38(46)18-11-19-40(44)48(32-14-7-4-8-15-32)33-23-20-29(21-24-33)31-22-25-41-35(26-31)36-27-39-43(28-42(36)49-41)50-45(47-39)30-12-5-3-6-13-30/h3-28H,1-2H3. The van der Waals surface area contributed by atoms with Crippen molar-refractivity contribution in [1.29, 1.82) is 0 Å². The Labute approximate surface area is 289 Å². The number of benzene rings is 7. The molecule has 4 nitrogen and oxygen atoms in total. The number of para-hydroxylation sites is 1. The van der Waals surface area contributed by atoms with Crippen LogP contribution >= 0.6 is 0 Å². The molecule has 4 heteroatoms. The molecule has 10 rings (SSSR count). The van der Waals surface area contributed by atoms with Crippen LogP contribution in [0.1, 0.15) is 25.0 Å². The summed E-state index contributed by atoms with van der Waals surface area (Å²) in [5.74, 6) is 0.608. The van der Waals surface area contributed by atoms with Gasteiger partial charge in [-0.25, -0.2) is 4.98 Å². The summed E-state index contributed by atoms with van der Waals surface area (Å²) in [5, 5.41) is 2.08. The Balaban J connectivity index is 1.06. The molecule has 1 aliphatic rings. The minimum absolute atomic E-state index is 0.0757. The van der Waals surface area contributed by atoms with Crippen LogP contribution in [0.4, 0.5) is 17.1 Å². The van der Waals surface area contributed by atoms with E-state index in [0.717, 1.165) is 55.5 Å². The molecule has 238 valence electrons. The van der Waals surface area contributed by atoms with Crippen LogP contribution in [0, 0.1) is 0 Å². The fourth-order valence-electron chi connectivity index (χ4n) is 7.81. The Morgan fingerprint density at radius 2 is 1.18 bits per heavy atom. The first-order valence-electron chi connectivity index (χ1n) is 17.0. The molecule has 0 unspecified atom stereocenters. The zero-order valence-corrected chi connectivity index (χ0v) is 27.7. The third-order valence-corrected chi connectivity index (χ3v) is 10.3. The Hall–Kier alpha value is -6.39. The van der Waals surface area contributed by atoms with Gasteiger partial charge in [-0.2, -0.15) is 0 Å². The molecule has 0 atom stereocenters. The average Bonchev–Trinajstić information content (AvgIpc) is 3.81. The summed E-state index contributed by atoms with van der Waals surface area (Å²) >= 11 is 0. The molecule has 0 saturated heterocycles. The molecule has 0 bridgehead atoms. The fraction of sp³-hybridized carbons (Fsp3) is 0.0652. The largest absolute Gasteiger partial charge is 0.456 e. The Kier molecular flexibility index (Phi) is 6.19. The maximum atomic E-state index is 6.30. The van der Waals surface area contributed by atoms with Crippen molar-refractivity contribution in [2.24, 2.45) is 0 Å². The minimum atomic E-state index is -0.0757. The van der Waals surface area contributed by atoms with Gasteiger partial charge in [0.05, 0.1) is 5.69 Å². The van der Waals surface area contributed by atoms with Crippen molar-refractivity contribution in [3.8, 4) is 33.7 Å². The van der Waals surface area contributed by atoms with Crippen molar-refractivity contribution >= 4 is 50.1 Å². The molecule has 0 amide bonds. The molecule has 2 aromatic heterocycles. The normalized spacial score (nSPS) is 13.2. The van der Waals surface area contributed by atoms with Crippen molar-refractivity contribution in [3.63, 3.8) is 0 Å². The zero-order valence-electron chi connectivity index (χ0n) is 27.7. The molecule has 0 saturated carbocycles. The highest BCUT2D eigenvalue weighted by Crippen LogP contribution is 2.54. The van der Waals surface area contributed by atoms with Crippen molar-refractivity contribution in [2.75, 3.05) is 4.90 Å². The predicted octanol–water partition coefficient (Wildman–Crippen LogP) is 12.8. The Morgan fingerprint density at radius 1 is 0.500 bits per heavy atom. The number of fused-ring (bicyclic) bond motifs is 7. The first kappa shape index (κ1) is 28.6. The van der Waals surface area contributed by atoms with Gasteiger partial charge in [-0.3, -0.25) is 0 Å². The van der Waals surface area contributed by atoms with E-state index in [1.54, 1.807) is 0 Å². The predicted molar refractivity (Wildman–Crippen MR) is 204 cm³/mol. The molecule has 0 radical (unpaired) electrons. The fourth-order valence-corrected chi connectivity index (χ4v) is 7.81. The van der Waals surface area contributed by atoms with Gasteiger partial charge in [0, 0.05) is 44.8 Å². The molecule has 0 aliphatic heterocycles. The van der Waals surface area contributed by atoms with Crippen LogP contribution < -0.4 is 4.90 Å². The summed E-state index contributed by atoms with van der Waals surface area (Å²) in [6, 6.07) is 55.6. The van der Waals surface area contributed by atoms with E-state index in [1.165, 1.54) is 27.9 Å². The highest BCUT2D eigenvalue weighted by molar-refractivity contribution is 6.10. The van der Waals surface area contributed by atoms with Crippen LogP contribution in [0.5, 0.6) is 0 Å². The van der Waals surface area contributed by atoms with Gasteiger partial charge in [0.1, 0.15) is 16.7 Å². The summed E-state index contributed by atoms with van der Waals surface area (Å²) in [6.45, 7) is 4.67. The average molecular weight is 645 g/mol. The number of nitrogens with zero attached hydrogens (tertiary/aromatic N) is 2. The number of rotatable bonds is 5. The second-order valence-corrected chi connectivity index (χ2v) is 13.6. The van der Waals surface area contributed by atoms with Crippen molar-refractivity contribution in [1.82, 2.24) is 4.98 Å². The summed E-state index contributed by atoms with van der Waals surface area (Å²) < 4.78 is 12.4. The number of aromatic nitrogens is 1. The number of oxazole rings is 1. The second-order valence-electron chi connectivity index (χ2n) is 13.6. The van der Waals surface area contributed by atoms with Gasteiger partial charge < -0.3 is 13.7 Å². The molecule has 0 N–H and O–H groups in total. The lowest BCUT2D eigenvalue weighted by atomic mass is 9.82. The lowest BCUT2D eigenvalue weighted by molar-refractivity contribution is 0.617. The number of hydrogen-bond acceptors (Lipinski definition) is 4. The van der Waals surface area contributed by atoms with Crippen molar-refractivity contribution in [3.05, 3.63) is 169 Å². The lowest BCUT2D eigenvalue weighted by Gasteiger charge is -2.29. The molecular formula is C46H32N2O2. The molecule has 50 heavy (non-hydrogen) atoms. The highest BCUT2D eigenvalue weighted by Gasteiger charge is 2.37. The monoisotopic (exact) mass is 644 g/mol. The van der Waals surface area contributed by atoms with E-state index < -0.39 is 0 Å². The maximum Gasteiger partial charge on any atom is 0.227 e. The smallest absolute Gasteiger partial charge is 0.227 e. The van der Waals surface area contributed by atoms with Crippen LogP contribution in [-0.4, -0.2) is 4.98 Å². The quantitative estimate of drug-likeness (QED) is 0.187. The van der Waals surface area contributed by atoms with Gasteiger partial charge >= 0.3 is 0 Å². The molecular weight excluding hydrogens is 613 g/mol. The van der Waals surface area contributed by atoms with Gasteiger partial charge in [0.15, 0.2) is 5.58 Å². The van der Waals surface area contributed by atoms with E-state index in [0.29, 0.717) is 11.5 Å². The van der Waals surface area contributed by atoms with E-state index in [2.05, 4.69) is 140 Å². The van der Waals surface area contributed by atoms with Gasteiger partial charge in [0.2, 0.25) is 5.89 Å². The van der Waals surface area contributed by atoms with Gasteiger partial charge in [-0.15, -0.1) is 0 Å². The van der Waals surface area contributed by atoms with E-state index in [-0.39, 0.29) is 5.41 Å². The summed E-state index contributed by atoms with van der Waals surface area (Å²) in [6.07, 6.45) is 0. The van der Waals surface area contributed by atoms with Gasteiger partial charge in [0.25, 0.3) is 0 Å². The van der Waals surface area contributed by atoms with E-state index in [1.807, 2.05) is 36.4 Å². The van der Waals surface area contributed by atoms with Crippen LogP contribution in [0.15, 0.2) is 167 Å². The molecule has 9 aromatic rings. The number of furan rings is 1. The maximum absolute atomic E-state index is 6.30. The first-order valence-corrected chi connectivity index (χ1v) is 17.0. The van der Waals surface area contributed by atoms with Crippen LogP contribution in [-0.2, 0) is 5.41 Å². The van der Waals surface area contributed by atoms with Crippen LogP contribution in [0.2, 0.25) is 0 Å². The van der Waals surface area contributed by atoms with Crippen LogP contribution in [0.3, 0.4) is 0 Å². The molecule has 1 aliphatic carbocycles. The number of anilines is 3. The highest BCUT2D eigenvalue weighted by atomic mass is 16.4. The summed E-state index contributed by atoms with van der Waals surface area (Å²) in [5.41, 5.74) is 15.0. The molecule has 0 fully saturated rings. The van der Waals surface area contributed by atoms with Crippen molar-refractivity contribution < 1.29 is 8.83 Å². The van der Waals surface area contributed by atoms with E-state index >= 15 is 0 Å². The number of hydrogen-bond donors (Lipinski definition) is 0. The molecule has 0 spiro atoms.